The highest BCUT2D eigenvalue weighted by Gasteiger charge is 2.24. The summed E-state index contributed by atoms with van der Waals surface area (Å²) in [6, 6.07) is 4.59. The van der Waals surface area contributed by atoms with E-state index in [1.54, 1.807) is 20.2 Å². The number of carbonyl (C=O) groups is 1. The number of ether oxygens (including phenoxy) is 1. The number of para-hydroxylation sites is 1. The highest BCUT2D eigenvalue weighted by Crippen LogP contribution is 2.32. The maximum atomic E-state index is 12.1. The van der Waals surface area contributed by atoms with Crippen molar-refractivity contribution in [3.05, 3.63) is 56.0 Å². The summed E-state index contributed by atoms with van der Waals surface area (Å²) in [5.74, 6) is 0.0616. The molecule has 2 aromatic rings. The second-order valence-corrected chi connectivity index (χ2v) is 6.96. The van der Waals surface area contributed by atoms with E-state index in [2.05, 4.69) is 10.6 Å². The van der Waals surface area contributed by atoms with Crippen molar-refractivity contribution in [2.24, 2.45) is 0 Å². The van der Waals surface area contributed by atoms with Gasteiger partial charge >= 0.3 is 0 Å². The van der Waals surface area contributed by atoms with Crippen molar-refractivity contribution in [2.45, 2.75) is 39.7 Å². The van der Waals surface area contributed by atoms with Crippen LogP contribution >= 0.6 is 0 Å². The molecule has 1 atom stereocenters. The molecule has 3 rings (SSSR count). The third kappa shape index (κ3) is 4.82. The van der Waals surface area contributed by atoms with E-state index in [-0.39, 0.29) is 46.9 Å². The minimum absolute atomic E-state index is 0.0548. The van der Waals surface area contributed by atoms with Gasteiger partial charge in [0.15, 0.2) is 5.75 Å². The number of rotatable bonds is 6. The molecule has 0 saturated heterocycles. The number of allylic oxidation sites excluding steroid dienone is 1. The van der Waals surface area contributed by atoms with E-state index >= 15 is 0 Å². The summed E-state index contributed by atoms with van der Waals surface area (Å²) in [5.41, 5.74) is -0.858. The second-order valence-electron chi connectivity index (χ2n) is 6.96. The molecule has 0 spiro atoms. The monoisotopic (exact) mass is 415 g/mol. The third-order valence-electron chi connectivity index (χ3n) is 4.58. The molecule has 1 unspecified atom stereocenters. The van der Waals surface area contributed by atoms with Crippen LogP contribution in [-0.2, 0) is 4.74 Å². The lowest BCUT2D eigenvalue weighted by molar-refractivity contribution is 0.0824. The van der Waals surface area contributed by atoms with Gasteiger partial charge in [0.1, 0.15) is 17.1 Å². The van der Waals surface area contributed by atoms with Crippen molar-refractivity contribution in [1.82, 2.24) is 4.90 Å². The SMILES string of the molecule is CC.CC1CCC=C(CNc2c(Nc3cccc(C(=O)N(C)C)c3O)c(=O)c2=O)O1. The fourth-order valence-corrected chi connectivity index (χ4v) is 3.01. The molecule has 2 aromatic carbocycles. The number of nitrogens with one attached hydrogen (secondary N) is 2. The van der Waals surface area contributed by atoms with Crippen LogP contribution < -0.4 is 21.5 Å². The lowest BCUT2D eigenvalue weighted by atomic mass is 10.1. The predicted molar refractivity (Wildman–Crippen MR) is 118 cm³/mol. The molecule has 8 heteroatoms. The van der Waals surface area contributed by atoms with E-state index in [0.29, 0.717) is 0 Å². The average molecular weight is 415 g/mol. The van der Waals surface area contributed by atoms with Crippen LogP contribution in [0.5, 0.6) is 5.75 Å². The summed E-state index contributed by atoms with van der Waals surface area (Å²) < 4.78 is 5.68. The van der Waals surface area contributed by atoms with E-state index in [0.717, 1.165) is 18.6 Å². The summed E-state index contributed by atoms with van der Waals surface area (Å²) in [5, 5.41) is 16.1. The Bertz CT molecular complexity index is 1000. The average Bonchev–Trinajstić information content (AvgIpc) is 2.74. The number of phenols is 1. The second kappa shape index (κ2) is 9.96. The molecule has 0 aromatic heterocycles. The first-order valence-electron chi connectivity index (χ1n) is 10.0. The van der Waals surface area contributed by atoms with Gasteiger partial charge in [-0.25, -0.2) is 0 Å². The quantitative estimate of drug-likeness (QED) is 0.492. The first-order valence-corrected chi connectivity index (χ1v) is 10.0. The molecule has 0 radical (unpaired) electrons. The van der Waals surface area contributed by atoms with Crippen LogP contribution in [0, 0.1) is 0 Å². The van der Waals surface area contributed by atoms with Gasteiger partial charge < -0.3 is 25.4 Å². The predicted octanol–water partition coefficient (Wildman–Crippen LogP) is 2.95. The largest absolute Gasteiger partial charge is 0.505 e. The fourth-order valence-electron chi connectivity index (χ4n) is 3.01. The normalized spacial score (nSPS) is 15.4. The number of anilines is 3. The van der Waals surface area contributed by atoms with Crippen molar-refractivity contribution in [1.29, 1.82) is 0 Å². The molecule has 1 aliphatic heterocycles. The van der Waals surface area contributed by atoms with Crippen LogP contribution in [0.1, 0.15) is 44.0 Å². The summed E-state index contributed by atoms with van der Waals surface area (Å²) in [4.78, 5) is 37.4. The van der Waals surface area contributed by atoms with Gasteiger partial charge in [0.2, 0.25) is 0 Å². The van der Waals surface area contributed by atoms with E-state index in [1.165, 1.54) is 17.0 Å². The molecule has 1 aliphatic rings. The number of hydrogen-bond acceptors (Lipinski definition) is 7. The van der Waals surface area contributed by atoms with Crippen LogP contribution in [-0.4, -0.2) is 42.7 Å². The van der Waals surface area contributed by atoms with E-state index < -0.39 is 10.9 Å². The third-order valence-corrected chi connectivity index (χ3v) is 4.58. The van der Waals surface area contributed by atoms with Crippen LogP contribution in [0.25, 0.3) is 0 Å². The van der Waals surface area contributed by atoms with Crippen LogP contribution in [0.3, 0.4) is 0 Å². The van der Waals surface area contributed by atoms with Gasteiger partial charge in [-0.05, 0) is 38.0 Å². The van der Waals surface area contributed by atoms with Crippen molar-refractivity contribution in [3.8, 4) is 5.75 Å². The molecule has 3 N–H and O–H groups in total. The zero-order valence-electron chi connectivity index (χ0n) is 18.0. The first kappa shape index (κ1) is 23.0. The Kier molecular flexibility index (Phi) is 7.63. The minimum Gasteiger partial charge on any atom is -0.505 e. The Labute approximate surface area is 175 Å². The smallest absolute Gasteiger partial charge is 0.257 e. The molecule has 8 nitrogen and oxygen atoms in total. The summed E-state index contributed by atoms with van der Waals surface area (Å²) in [6.45, 7) is 6.26. The van der Waals surface area contributed by atoms with Crippen LogP contribution in [0.2, 0.25) is 0 Å². The van der Waals surface area contributed by atoms with Gasteiger partial charge in [0, 0.05) is 14.1 Å². The number of benzene rings is 1. The Morgan fingerprint density at radius 1 is 1.20 bits per heavy atom. The van der Waals surface area contributed by atoms with Crippen LogP contribution in [0.4, 0.5) is 17.1 Å². The molecule has 0 fully saturated rings. The number of hydrogen-bond donors (Lipinski definition) is 3. The van der Waals surface area contributed by atoms with Gasteiger partial charge in [-0.2, -0.15) is 0 Å². The molecule has 0 bridgehead atoms. The lowest BCUT2D eigenvalue weighted by Gasteiger charge is -2.23. The number of amides is 1. The van der Waals surface area contributed by atoms with Gasteiger partial charge in [-0.1, -0.05) is 19.9 Å². The highest BCUT2D eigenvalue weighted by atomic mass is 16.5. The molecule has 1 amide bonds. The Hall–Kier alpha value is -3.29. The number of nitrogens with zero attached hydrogens (tertiary/aromatic N) is 1. The van der Waals surface area contributed by atoms with Crippen molar-refractivity contribution in [3.63, 3.8) is 0 Å². The summed E-state index contributed by atoms with van der Waals surface area (Å²) in [7, 11) is 3.15. The highest BCUT2D eigenvalue weighted by molar-refractivity contribution is 5.99. The zero-order valence-corrected chi connectivity index (χ0v) is 18.0. The Morgan fingerprint density at radius 2 is 1.87 bits per heavy atom. The van der Waals surface area contributed by atoms with E-state index in [1.807, 2.05) is 26.8 Å². The molecule has 0 saturated carbocycles. The Balaban J connectivity index is 0.00000155. The lowest BCUT2D eigenvalue weighted by Crippen LogP contribution is -2.37. The fraction of sp³-hybridized carbons (Fsp3) is 0.409. The number of aromatic hydroxyl groups is 1. The Morgan fingerprint density at radius 3 is 2.50 bits per heavy atom. The summed E-state index contributed by atoms with van der Waals surface area (Å²) >= 11 is 0. The van der Waals surface area contributed by atoms with Crippen molar-refractivity contribution < 1.29 is 14.6 Å². The molecule has 1 heterocycles. The standard InChI is InChI=1S/C20H23N3O5.C2H6/c1-11-6-4-7-12(28-11)10-21-15-16(19(26)18(15)25)22-14-9-5-8-13(17(14)24)20(27)23(2)3;1-2/h5,7-9,11,21-22,24H,4,6,10H2,1-3H3;1-2H3. The van der Waals surface area contributed by atoms with Gasteiger partial charge in [-0.15, -0.1) is 0 Å². The first-order chi connectivity index (χ1) is 14.3. The van der Waals surface area contributed by atoms with Gasteiger partial charge in [-0.3, -0.25) is 14.4 Å². The zero-order chi connectivity index (χ0) is 22.4. The van der Waals surface area contributed by atoms with Gasteiger partial charge in [0.25, 0.3) is 16.8 Å². The topological polar surface area (TPSA) is 108 Å². The van der Waals surface area contributed by atoms with Crippen molar-refractivity contribution >= 4 is 23.0 Å². The van der Waals surface area contributed by atoms with Crippen LogP contribution in [0.15, 0.2) is 39.6 Å². The number of phenolic OH excluding ortho intramolecular Hbond substituents is 1. The molecular formula is C22H29N3O5. The van der Waals surface area contributed by atoms with Gasteiger partial charge in [0.05, 0.1) is 23.9 Å². The molecular weight excluding hydrogens is 386 g/mol. The molecule has 30 heavy (non-hydrogen) atoms. The van der Waals surface area contributed by atoms with E-state index in [4.69, 9.17) is 4.74 Å². The minimum atomic E-state index is -0.682. The number of carbonyl (C=O) groups excluding carboxylic acids is 1. The summed E-state index contributed by atoms with van der Waals surface area (Å²) in [6.07, 6.45) is 3.90. The van der Waals surface area contributed by atoms with E-state index in [9.17, 15) is 19.5 Å². The van der Waals surface area contributed by atoms with Crippen molar-refractivity contribution in [2.75, 3.05) is 31.3 Å². The maximum Gasteiger partial charge on any atom is 0.257 e. The molecule has 0 aliphatic carbocycles. The molecule has 162 valence electrons. The maximum absolute atomic E-state index is 12.1.